The lowest BCUT2D eigenvalue weighted by Crippen LogP contribution is -2.00. The van der Waals surface area contributed by atoms with E-state index in [-0.39, 0.29) is 11.4 Å². The average molecular weight is 322 g/mol. The van der Waals surface area contributed by atoms with Crippen molar-refractivity contribution in [1.82, 2.24) is 9.97 Å². The van der Waals surface area contributed by atoms with Gasteiger partial charge in [-0.25, -0.2) is 14.2 Å². The first-order valence-electron chi connectivity index (χ1n) is 7.40. The number of H-pyrrole nitrogens is 1. The molecule has 0 saturated heterocycles. The molecule has 0 bridgehead atoms. The van der Waals surface area contributed by atoms with Crippen LogP contribution in [-0.2, 0) is 6.42 Å². The fraction of sp³-hybridized carbons (Fsp3) is 0.0526. The Morgan fingerprint density at radius 2 is 2.00 bits per heavy atom. The molecule has 5 heteroatoms. The Kier molecular flexibility index (Phi) is 4.52. The number of nitrogens with one attached hydrogen (secondary N) is 1. The summed E-state index contributed by atoms with van der Waals surface area (Å²) >= 11 is 0. The molecule has 3 rings (SSSR count). The molecule has 0 aliphatic heterocycles. The van der Waals surface area contributed by atoms with E-state index in [1.165, 1.54) is 12.1 Å². The molecule has 3 aromatic rings. The summed E-state index contributed by atoms with van der Waals surface area (Å²) in [7, 11) is 0. The molecule has 0 amide bonds. The van der Waals surface area contributed by atoms with Crippen LogP contribution in [0.5, 0.6) is 0 Å². The first kappa shape index (κ1) is 15.7. The van der Waals surface area contributed by atoms with Gasteiger partial charge in [-0.05, 0) is 41.0 Å². The Hall–Kier alpha value is -3.21. The molecule has 24 heavy (non-hydrogen) atoms. The molecular formula is C19H15FN2O2. The number of nitrogens with zero attached hydrogens (tertiary/aromatic N) is 1. The highest BCUT2D eigenvalue weighted by atomic mass is 19.1. The van der Waals surface area contributed by atoms with Crippen molar-refractivity contribution in [2.45, 2.75) is 6.42 Å². The Bertz CT molecular complexity index is 869. The smallest absolute Gasteiger partial charge is 0.336 e. The van der Waals surface area contributed by atoms with Crippen LogP contribution in [0.25, 0.3) is 17.2 Å². The number of carboxylic acid groups (broad SMARTS) is 1. The van der Waals surface area contributed by atoms with Gasteiger partial charge in [0.05, 0.1) is 11.9 Å². The molecule has 0 aliphatic rings. The molecule has 2 N–H and O–H groups in total. The third-order valence-corrected chi connectivity index (χ3v) is 3.63. The van der Waals surface area contributed by atoms with Gasteiger partial charge in [-0.2, -0.15) is 0 Å². The van der Waals surface area contributed by atoms with Gasteiger partial charge >= 0.3 is 5.97 Å². The SMILES string of the molecule is O=C(O)c1ccc(/C=C/Cc2cnc[nH]2)cc1-c1ccc(F)cc1. The lowest BCUT2D eigenvalue weighted by atomic mass is 9.97. The quantitative estimate of drug-likeness (QED) is 0.741. The van der Waals surface area contributed by atoms with Crippen molar-refractivity contribution in [1.29, 1.82) is 0 Å². The van der Waals surface area contributed by atoms with Crippen molar-refractivity contribution in [3.05, 3.63) is 83.7 Å². The number of aromatic carboxylic acids is 1. The third-order valence-electron chi connectivity index (χ3n) is 3.63. The number of rotatable bonds is 5. The van der Waals surface area contributed by atoms with Gasteiger partial charge in [0.25, 0.3) is 0 Å². The number of hydrogen-bond acceptors (Lipinski definition) is 2. The van der Waals surface area contributed by atoms with Gasteiger partial charge in [0.2, 0.25) is 0 Å². The Morgan fingerprint density at radius 1 is 1.21 bits per heavy atom. The zero-order valence-corrected chi connectivity index (χ0v) is 12.7. The maximum Gasteiger partial charge on any atom is 0.336 e. The molecule has 0 atom stereocenters. The minimum absolute atomic E-state index is 0.187. The number of aromatic amines is 1. The molecule has 1 heterocycles. The number of carbonyl (C=O) groups is 1. The van der Waals surface area contributed by atoms with Gasteiger partial charge in [0.1, 0.15) is 5.82 Å². The van der Waals surface area contributed by atoms with Crippen LogP contribution >= 0.6 is 0 Å². The summed E-state index contributed by atoms with van der Waals surface area (Å²) in [5.41, 5.74) is 3.28. The summed E-state index contributed by atoms with van der Waals surface area (Å²) in [6, 6.07) is 10.9. The van der Waals surface area contributed by atoms with Gasteiger partial charge in [-0.15, -0.1) is 0 Å². The maximum atomic E-state index is 13.1. The minimum Gasteiger partial charge on any atom is -0.478 e. The van der Waals surface area contributed by atoms with E-state index in [2.05, 4.69) is 9.97 Å². The molecule has 0 unspecified atom stereocenters. The van der Waals surface area contributed by atoms with Gasteiger partial charge in [-0.3, -0.25) is 0 Å². The van der Waals surface area contributed by atoms with Crippen LogP contribution in [0.4, 0.5) is 4.39 Å². The molecule has 4 nitrogen and oxygen atoms in total. The fourth-order valence-electron chi connectivity index (χ4n) is 2.44. The van der Waals surface area contributed by atoms with E-state index in [0.29, 0.717) is 17.5 Å². The zero-order chi connectivity index (χ0) is 16.9. The zero-order valence-electron chi connectivity index (χ0n) is 12.7. The van der Waals surface area contributed by atoms with Crippen molar-refractivity contribution in [2.75, 3.05) is 0 Å². The number of benzene rings is 2. The highest BCUT2D eigenvalue weighted by Crippen LogP contribution is 2.26. The van der Waals surface area contributed by atoms with Crippen LogP contribution in [0.3, 0.4) is 0 Å². The van der Waals surface area contributed by atoms with Crippen molar-refractivity contribution in [3.8, 4) is 11.1 Å². The number of allylic oxidation sites excluding steroid dienone is 1. The molecular weight excluding hydrogens is 307 g/mol. The second kappa shape index (κ2) is 6.91. The molecule has 0 fully saturated rings. The Morgan fingerprint density at radius 3 is 2.67 bits per heavy atom. The molecule has 0 spiro atoms. The molecule has 0 radical (unpaired) electrons. The predicted octanol–water partition coefficient (Wildman–Crippen LogP) is 4.17. The molecule has 0 aliphatic carbocycles. The van der Waals surface area contributed by atoms with E-state index in [1.807, 2.05) is 12.2 Å². The highest BCUT2D eigenvalue weighted by molar-refractivity contribution is 5.96. The van der Waals surface area contributed by atoms with Gasteiger partial charge < -0.3 is 10.1 Å². The summed E-state index contributed by atoms with van der Waals surface area (Å²) < 4.78 is 13.1. The van der Waals surface area contributed by atoms with Crippen molar-refractivity contribution >= 4 is 12.0 Å². The normalized spacial score (nSPS) is 11.0. The fourth-order valence-corrected chi connectivity index (χ4v) is 2.44. The molecule has 120 valence electrons. The monoisotopic (exact) mass is 322 g/mol. The van der Waals surface area contributed by atoms with Crippen molar-refractivity contribution in [2.24, 2.45) is 0 Å². The van der Waals surface area contributed by atoms with Gasteiger partial charge in [0, 0.05) is 18.3 Å². The summed E-state index contributed by atoms with van der Waals surface area (Å²) in [6.45, 7) is 0. The maximum absolute atomic E-state index is 13.1. The van der Waals surface area contributed by atoms with Crippen molar-refractivity contribution < 1.29 is 14.3 Å². The highest BCUT2D eigenvalue weighted by Gasteiger charge is 2.12. The predicted molar refractivity (Wildman–Crippen MR) is 90.1 cm³/mol. The van der Waals surface area contributed by atoms with Crippen LogP contribution in [0, 0.1) is 5.82 Å². The minimum atomic E-state index is -1.01. The van der Waals surface area contributed by atoms with E-state index < -0.39 is 5.97 Å². The lowest BCUT2D eigenvalue weighted by Gasteiger charge is -2.08. The Balaban J connectivity index is 1.92. The number of imidazole rings is 1. The van der Waals surface area contributed by atoms with Crippen LogP contribution in [0.1, 0.15) is 21.6 Å². The van der Waals surface area contributed by atoms with Gasteiger partial charge in [-0.1, -0.05) is 30.4 Å². The molecule has 0 saturated carbocycles. The van der Waals surface area contributed by atoms with E-state index >= 15 is 0 Å². The number of halogens is 1. The summed E-state index contributed by atoms with van der Waals surface area (Å²) in [5.74, 6) is -1.37. The van der Waals surface area contributed by atoms with Crippen molar-refractivity contribution in [3.63, 3.8) is 0 Å². The first-order valence-corrected chi connectivity index (χ1v) is 7.40. The number of carboxylic acids is 1. The molecule has 1 aromatic heterocycles. The average Bonchev–Trinajstić information content (AvgIpc) is 3.09. The van der Waals surface area contributed by atoms with Crippen LogP contribution in [0.2, 0.25) is 0 Å². The summed E-state index contributed by atoms with van der Waals surface area (Å²) in [5, 5.41) is 9.37. The number of hydrogen-bond donors (Lipinski definition) is 2. The van der Waals surface area contributed by atoms with Crippen LogP contribution < -0.4 is 0 Å². The van der Waals surface area contributed by atoms with E-state index in [4.69, 9.17) is 0 Å². The van der Waals surface area contributed by atoms with Gasteiger partial charge in [0.15, 0.2) is 0 Å². The number of aromatic nitrogens is 2. The topological polar surface area (TPSA) is 66.0 Å². The second-order valence-corrected chi connectivity index (χ2v) is 5.30. The first-order chi connectivity index (χ1) is 11.6. The lowest BCUT2D eigenvalue weighted by molar-refractivity contribution is 0.0697. The van der Waals surface area contributed by atoms with E-state index in [0.717, 1.165) is 11.3 Å². The Labute approximate surface area is 138 Å². The summed E-state index contributed by atoms with van der Waals surface area (Å²) in [6.07, 6.45) is 7.96. The van der Waals surface area contributed by atoms with Crippen LogP contribution in [-0.4, -0.2) is 21.0 Å². The standard InChI is InChI=1S/C19H15FN2O2/c20-15-7-5-14(6-8-15)18-10-13(4-9-17(18)19(23)24)2-1-3-16-11-21-12-22-16/h1-2,4-12H,3H2,(H,21,22)(H,23,24)/b2-1+. The third kappa shape index (κ3) is 3.57. The van der Waals surface area contributed by atoms with E-state index in [9.17, 15) is 14.3 Å². The van der Waals surface area contributed by atoms with E-state index in [1.54, 1.807) is 42.9 Å². The van der Waals surface area contributed by atoms with Crippen LogP contribution in [0.15, 0.2) is 61.1 Å². The summed E-state index contributed by atoms with van der Waals surface area (Å²) in [4.78, 5) is 18.4. The largest absolute Gasteiger partial charge is 0.478 e. The molecule has 2 aromatic carbocycles. The second-order valence-electron chi connectivity index (χ2n) is 5.30.